The molecule has 144 valence electrons. The van der Waals surface area contributed by atoms with Gasteiger partial charge in [0.25, 0.3) is 0 Å². The van der Waals surface area contributed by atoms with Crippen LogP contribution in [0.25, 0.3) is 10.9 Å². The van der Waals surface area contributed by atoms with Crippen molar-refractivity contribution in [3.05, 3.63) is 65.9 Å². The van der Waals surface area contributed by atoms with Crippen molar-refractivity contribution in [3.63, 3.8) is 0 Å². The fourth-order valence-corrected chi connectivity index (χ4v) is 4.66. The Bertz CT molecular complexity index is 975. The van der Waals surface area contributed by atoms with E-state index >= 15 is 0 Å². The number of benzene rings is 2. The molecule has 3 aromatic rings. The molecule has 1 atom stereocenters. The predicted molar refractivity (Wildman–Crippen MR) is 111 cm³/mol. The Labute approximate surface area is 162 Å². The van der Waals surface area contributed by atoms with Crippen LogP contribution >= 0.6 is 0 Å². The highest BCUT2D eigenvalue weighted by Crippen LogP contribution is 2.20. The molecule has 0 saturated carbocycles. The van der Waals surface area contributed by atoms with Crippen molar-refractivity contribution in [1.29, 1.82) is 0 Å². The highest BCUT2D eigenvalue weighted by molar-refractivity contribution is 7.89. The maximum atomic E-state index is 12.7. The van der Waals surface area contributed by atoms with Gasteiger partial charge >= 0.3 is 0 Å². The number of aromatic amines is 1. The van der Waals surface area contributed by atoms with Crippen LogP contribution in [0.4, 0.5) is 0 Å². The van der Waals surface area contributed by atoms with Crippen molar-refractivity contribution >= 4 is 20.9 Å². The van der Waals surface area contributed by atoms with Crippen molar-refractivity contribution in [2.45, 2.75) is 56.9 Å². The third-order valence-electron chi connectivity index (χ3n) is 4.86. The van der Waals surface area contributed by atoms with Gasteiger partial charge in [-0.25, -0.2) is 13.1 Å². The van der Waals surface area contributed by atoms with Crippen LogP contribution in [0.15, 0.2) is 59.6 Å². The summed E-state index contributed by atoms with van der Waals surface area (Å²) in [6, 6.07) is 15.1. The summed E-state index contributed by atoms with van der Waals surface area (Å²) >= 11 is 0. The summed E-state index contributed by atoms with van der Waals surface area (Å²) in [5.74, 6) is 0. The van der Waals surface area contributed by atoms with E-state index in [2.05, 4.69) is 22.7 Å². The zero-order valence-electron chi connectivity index (χ0n) is 16.0. The molecule has 0 spiro atoms. The second-order valence-electron chi connectivity index (χ2n) is 7.19. The number of rotatable bonds is 9. The fraction of sp³-hybridized carbons (Fsp3) is 0.364. The molecule has 4 nitrogen and oxygen atoms in total. The molecule has 1 aromatic heterocycles. The van der Waals surface area contributed by atoms with Crippen molar-refractivity contribution in [2.75, 3.05) is 0 Å². The van der Waals surface area contributed by atoms with Crippen molar-refractivity contribution in [2.24, 2.45) is 0 Å². The first kappa shape index (κ1) is 19.6. The zero-order valence-corrected chi connectivity index (χ0v) is 16.9. The molecule has 0 aliphatic carbocycles. The van der Waals surface area contributed by atoms with E-state index in [9.17, 15) is 8.42 Å². The molecule has 0 amide bonds. The van der Waals surface area contributed by atoms with E-state index < -0.39 is 10.0 Å². The molecule has 5 heteroatoms. The lowest BCUT2D eigenvalue weighted by Crippen LogP contribution is -2.34. The Morgan fingerprint density at radius 3 is 2.52 bits per heavy atom. The number of sulfonamides is 1. The van der Waals surface area contributed by atoms with Crippen LogP contribution in [0.5, 0.6) is 0 Å². The monoisotopic (exact) mass is 384 g/mol. The number of aromatic nitrogens is 1. The summed E-state index contributed by atoms with van der Waals surface area (Å²) in [6.45, 7) is 4.08. The first-order chi connectivity index (χ1) is 13.0. The molecule has 0 radical (unpaired) electrons. The number of H-pyrrole nitrogens is 1. The Morgan fingerprint density at radius 2 is 1.78 bits per heavy atom. The van der Waals surface area contributed by atoms with Gasteiger partial charge in [-0.15, -0.1) is 0 Å². The summed E-state index contributed by atoms with van der Waals surface area (Å²) < 4.78 is 28.2. The number of para-hydroxylation sites is 1. The maximum absolute atomic E-state index is 12.7. The lowest BCUT2D eigenvalue weighted by atomic mass is 10.1. The molecule has 0 bridgehead atoms. The predicted octanol–water partition coefficient (Wildman–Crippen LogP) is 4.81. The smallest absolute Gasteiger partial charge is 0.240 e. The normalized spacial score (nSPS) is 13.1. The minimum Gasteiger partial charge on any atom is -0.361 e. The highest BCUT2D eigenvalue weighted by Gasteiger charge is 2.18. The van der Waals surface area contributed by atoms with Gasteiger partial charge in [0.1, 0.15) is 0 Å². The second-order valence-corrected chi connectivity index (χ2v) is 8.90. The van der Waals surface area contributed by atoms with Crippen LogP contribution in [-0.2, 0) is 22.9 Å². The number of nitrogens with one attached hydrogen (secondary N) is 2. The first-order valence-electron chi connectivity index (χ1n) is 9.66. The zero-order chi connectivity index (χ0) is 19.3. The first-order valence-corrected chi connectivity index (χ1v) is 11.1. The largest absolute Gasteiger partial charge is 0.361 e. The van der Waals surface area contributed by atoms with Gasteiger partial charge < -0.3 is 4.98 Å². The Balaban J connectivity index is 1.64. The van der Waals surface area contributed by atoms with Crippen LogP contribution in [0.1, 0.15) is 44.2 Å². The van der Waals surface area contributed by atoms with E-state index in [4.69, 9.17) is 0 Å². The van der Waals surface area contributed by atoms with Gasteiger partial charge in [-0.3, -0.25) is 0 Å². The highest BCUT2D eigenvalue weighted by atomic mass is 32.2. The third-order valence-corrected chi connectivity index (χ3v) is 6.47. The Kier molecular flexibility index (Phi) is 6.34. The van der Waals surface area contributed by atoms with Gasteiger partial charge in [-0.05, 0) is 55.5 Å². The van der Waals surface area contributed by atoms with Crippen molar-refractivity contribution < 1.29 is 8.42 Å². The van der Waals surface area contributed by atoms with Crippen LogP contribution < -0.4 is 4.72 Å². The molecule has 0 saturated heterocycles. The standard InChI is InChI=1S/C22H28N2O2S/c1-3-4-5-8-18-11-13-20(14-12-18)27(25,26)24-17(2)15-19-16-23-22-10-7-6-9-21(19)22/h6-7,9-14,16-17,23-24H,3-5,8,15H2,1-2H3. The summed E-state index contributed by atoms with van der Waals surface area (Å²) in [6.07, 6.45) is 7.12. The molecule has 0 aliphatic rings. The van der Waals surface area contributed by atoms with E-state index in [1.54, 1.807) is 12.1 Å². The Hall–Kier alpha value is -2.11. The molecular weight excluding hydrogens is 356 g/mol. The number of fused-ring (bicyclic) bond motifs is 1. The van der Waals surface area contributed by atoms with Gasteiger partial charge in [0.15, 0.2) is 0 Å². The quantitative estimate of drug-likeness (QED) is 0.520. The molecule has 27 heavy (non-hydrogen) atoms. The van der Waals surface area contributed by atoms with Crippen LogP contribution in [0.2, 0.25) is 0 Å². The molecule has 2 N–H and O–H groups in total. The number of unbranched alkanes of at least 4 members (excludes halogenated alkanes) is 2. The average molecular weight is 385 g/mol. The Morgan fingerprint density at radius 1 is 1.04 bits per heavy atom. The molecule has 0 fully saturated rings. The molecule has 3 rings (SSSR count). The lowest BCUT2D eigenvalue weighted by Gasteiger charge is -2.14. The van der Waals surface area contributed by atoms with Gasteiger partial charge in [0.2, 0.25) is 10.0 Å². The minimum absolute atomic E-state index is 0.196. The second kappa shape index (κ2) is 8.72. The number of hydrogen-bond acceptors (Lipinski definition) is 2. The van der Waals surface area contributed by atoms with E-state index in [-0.39, 0.29) is 6.04 Å². The fourth-order valence-electron chi connectivity index (χ4n) is 3.42. The SMILES string of the molecule is CCCCCc1ccc(S(=O)(=O)NC(C)Cc2c[nH]c3ccccc23)cc1. The van der Waals surface area contributed by atoms with Crippen molar-refractivity contribution in [1.82, 2.24) is 9.71 Å². The maximum Gasteiger partial charge on any atom is 0.240 e. The van der Waals surface area contributed by atoms with Crippen LogP contribution in [-0.4, -0.2) is 19.4 Å². The van der Waals surface area contributed by atoms with Gasteiger partial charge in [0, 0.05) is 23.1 Å². The van der Waals surface area contributed by atoms with E-state index in [1.807, 2.05) is 43.5 Å². The van der Waals surface area contributed by atoms with Gasteiger partial charge in [-0.2, -0.15) is 0 Å². The summed E-state index contributed by atoms with van der Waals surface area (Å²) in [5, 5.41) is 1.14. The topological polar surface area (TPSA) is 62.0 Å². The van der Waals surface area contributed by atoms with E-state index in [0.717, 1.165) is 29.3 Å². The number of hydrogen-bond donors (Lipinski definition) is 2. The molecular formula is C22H28N2O2S. The number of aryl methyl sites for hydroxylation is 1. The summed E-state index contributed by atoms with van der Waals surface area (Å²) in [5.41, 5.74) is 3.38. The molecule has 2 aromatic carbocycles. The molecule has 1 unspecified atom stereocenters. The molecule has 1 heterocycles. The van der Waals surface area contributed by atoms with E-state index in [1.165, 1.54) is 18.4 Å². The average Bonchev–Trinajstić information content (AvgIpc) is 3.05. The van der Waals surface area contributed by atoms with Crippen molar-refractivity contribution in [3.8, 4) is 0 Å². The molecule has 0 aliphatic heterocycles. The summed E-state index contributed by atoms with van der Waals surface area (Å²) in [7, 11) is -3.52. The lowest BCUT2D eigenvalue weighted by molar-refractivity contribution is 0.560. The van der Waals surface area contributed by atoms with E-state index in [0.29, 0.717) is 11.3 Å². The summed E-state index contributed by atoms with van der Waals surface area (Å²) in [4.78, 5) is 3.56. The third kappa shape index (κ3) is 4.99. The minimum atomic E-state index is -3.52. The van der Waals surface area contributed by atoms with Crippen LogP contribution in [0, 0.1) is 0 Å². The van der Waals surface area contributed by atoms with Gasteiger partial charge in [-0.1, -0.05) is 50.1 Å². The van der Waals surface area contributed by atoms with Gasteiger partial charge in [0.05, 0.1) is 4.90 Å². The van der Waals surface area contributed by atoms with Crippen LogP contribution in [0.3, 0.4) is 0 Å².